The number of carbonyl (C=O) groups is 2. The molecule has 28 heavy (non-hydrogen) atoms. The number of ether oxygens (including phenoxy) is 2. The first kappa shape index (κ1) is 20.9. The van der Waals surface area contributed by atoms with Gasteiger partial charge < -0.3 is 30.7 Å². The molecule has 8 heteroatoms. The second-order valence-electron chi connectivity index (χ2n) is 6.68. The molecule has 2 aromatic rings. The number of aromatic carboxylic acids is 1. The van der Waals surface area contributed by atoms with Crippen LogP contribution in [0.15, 0.2) is 30.3 Å². The zero-order valence-corrected chi connectivity index (χ0v) is 16.1. The molecule has 8 nitrogen and oxygen atoms in total. The van der Waals surface area contributed by atoms with E-state index in [4.69, 9.17) is 20.3 Å². The molecule has 0 aliphatic heterocycles. The maximum absolute atomic E-state index is 12.7. The first-order chi connectivity index (χ1) is 13.1. The maximum Gasteiger partial charge on any atom is 0.335 e. The smallest absolute Gasteiger partial charge is 0.335 e. The van der Waals surface area contributed by atoms with E-state index in [1.165, 1.54) is 30.3 Å². The zero-order chi connectivity index (χ0) is 21.0. The Morgan fingerprint density at radius 3 is 2.25 bits per heavy atom. The Morgan fingerprint density at radius 1 is 1.04 bits per heavy atom. The topological polar surface area (TPSA) is 131 Å². The number of nitrogen functional groups attached to an aromatic ring is 1. The molecule has 0 saturated heterocycles. The Labute approximate surface area is 162 Å². The summed E-state index contributed by atoms with van der Waals surface area (Å²) in [5.41, 5.74) is 6.28. The highest BCUT2D eigenvalue weighted by atomic mass is 16.5. The fourth-order valence-electron chi connectivity index (χ4n) is 2.43. The number of phenolic OH excluding ortho intramolecular Hbond substituents is 1. The minimum absolute atomic E-state index is 0.0246. The number of anilines is 2. The number of carboxylic acid groups (broad SMARTS) is 1. The summed E-state index contributed by atoms with van der Waals surface area (Å²) in [7, 11) is 0. The van der Waals surface area contributed by atoms with Crippen LogP contribution in [0, 0.1) is 0 Å². The maximum atomic E-state index is 12.7. The van der Waals surface area contributed by atoms with Gasteiger partial charge in [-0.2, -0.15) is 0 Å². The van der Waals surface area contributed by atoms with Crippen molar-refractivity contribution in [3.8, 4) is 17.2 Å². The van der Waals surface area contributed by atoms with Crippen molar-refractivity contribution in [2.75, 3.05) is 11.1 Å². The van der Waals surface area contributed by atoms with Gasteiger partial charge in [0, 0.05) is 0 Å². The minimum atomic E-state index is -1.11. The number of nitrogens with one attached hydrogen (secondary N) is 1. The lowest BCUT2D eigenvalue weighted by molar-refractivity contribution is 0.0696. The highest BCUT2D eigenvalue weighted by molar-refractivity contribution is 6.08. The Bertz CT molecular complexity index is 893. The van der Waals surface area contributed by atoms with Crippen molar-refractivity contribution < 1.29 is 29.3 Å². The molecule has 0 fully saturated rings. The molecule has 0 aliphatic rings. The first-order valence-electron chi connectivity index (χ1n) is 8.73. The van der Waals surface area contributed by atoms with Gasteiger partial charge in [-0.3, -0.25) is 4.79 Å². The number of phenols is 1. The fraction of sp³-hybridized carbons (Fsp3) is 0.300. The second kappa shape index (κ2) is 8.51. The molecule has 0 bridgehead atoms. The lowest BCUT2D eigenvalue weighted by atomic mass is 10.1. The third-order valence-corrected chi connectivity index (χ3v) is 3.60. The van der Waals surface area contributed by atoms with Gasteiger partial charge in [0.25, 0.3) is 5.91 Å². The molecule has 0 radical (unpaired) electrons. The molecule has 2 rings (SSSR count). The van der Waals surface area contributed by atoms with Gasteiger partial charge in [-0.1, -0.05) is 0 Å². The molecule has 150 valence electrons. The summed E-state index contributed by atoms with van der Waals surface area (Å²) in [4.78, 5) is 23.9. The van der Waals surface area contributed by atoms with Crippen LogP contribution >= 0.6 is 0 Å². The Balaban J connectivity index is 2.38. The van der Waals surface area contributed by atoms with E-state index in [0.717, 1.165) is 0 Å². The molecule has 0 aromatic heterocycles. The number of amides is 1. The van der Waals surface area contributed by atoms with E-state index in [1.54, 1.807) is 27.7 Å². The summed E-state index contributed by atoms with van der Waals surface area (Å²) in [6.07, 6.45) is -0.489. The molecule has 0 atom stereocenters. The third kappa shape index (κ3) is 4.85. The van der Waals surface area contributed by atoms with Crippen LogP contribution in [0.2, 0.25) is 0 Å². The average molecular weight is 388 g/mol. The predicted octanol–water partition coefficient (Wildman–Crippen LogP) is 3.50. The summed E-state index contributed by atoms with van der Waals surface area (Å²) in [5, 5.41) is 22.2. The predicted molar refractivity (Wildman–Crippen MR) is 105 cm³/mol. The normalized spacial score (nSPS) is 10.8. The van der Waals surface area contributed by atoms with Crippen molar-refractivity contribution in [3.05, 3.63) is 41.5 Å². The third-order valence-electron chi connectivity index (χ3n) is 3.60. The van der Waals surface area contributed by atoms with Crippen molar-refractivity contribution in [3.63, 3.8) is 0 Å². The number of benzene rings is 2. The van der Waals surface area contributed by atoms with Crippen molar-refractivity contribution in [1.82, 2.24) is 0 Å². The SMILES string of the molecule is CC(C)Oc1cc(C(=O)O)ccc1NC(=O)c1ccc(N)c(OC(C)C)c1O. The standard InChI is InChI=1S/C20H24N2O6/c1-10(2)27-16-9-12(20(25)26)5-8-15(16)22-19(24)13-6-7-14(21)18(17(13)23)28-11(3)4/h5-11,23H,21H2,1-4H3,(H,22,24)(H,25,26). The van der Waals surface area contributed by atoms with Gasteiger partial charge in [-0.15, -0.1) is 0 Å². The zero-order valence-electron chi connectivity index (χ0n) is 16.1. The lowest BCUT2D eigenvalue weighted by Gasteiger charge is -2.18. The van der Waals surface area contributed by atoms with Crippen LogP contribution in [0.3, 0.4) is 0 Å². The molecular weight excluding hydrogens is 364 g/mol. The first-order valence-corrected chi connectivity index (χ1v) is 8.73. The van der Waals surface area contributed by atoms with Crippen molar-refractivity contribution in [1.29, 1.82) is 0 Å². The van der Waals surface area contributed by atoms with E-state index < -0.39 is 11.9 Å². The summed E-state index contributed by atoms with van der Waals surface area (Å²) in [6.45, 7) is 7.09. The lowest BCUT2D eigenvalue weighted by Crippen LogP contribution is -2.16. The number of carboxylic acids is 1. The van der Waals surface area contributed by atoms with Gasteiger partial charge >= 0.3 is 5.97 Å². The Hall–Kier alpha value is -3.42. The van der Waals surface area contributed by atoms with Gasteiger partial charge in [-0.25, -0.2) is 4.79 Å². The van der Waals surface area contributed by atoms with E-state index in [2.05, 4.69) is 5.32 Å². The van der Waals surface area contributed by atoms with Crippen LogP contribution < -0.4 is 20.5 Å². The quantitative estimate of drug-likeness (QED) is 0.534. The summed E-state index contributed by atoms with van der Waals surface area (Å²) >= 11 is 0. The van der Waals surface area contributed by atoms with Crippen molar-refractivity contribution in [2.24, 2.45) is 0 Å². The number of rotatable bonds is 7. The molecule has 0 aliphatic carbocycles. The minimum Gasteiger partial charge on any atom is -0.504 e. The van der Waals surface area contributed by atoms with Gasteiger partial charge in [0.2, 0.25) is 0 Å². The average Bonchev–Trinajstić information content (AvgIpc) is 2.59. The highest BCUT2D eigenvalue weighted by Crippen LogP contribution is 2.37. The van der Waals surface area contributed by atoms with Crippen LogP contribution in [0.4, 0.5) is 11.4 Å². The highest BCUT2D eigenvalue weighted by Gasteiger charge is 2.21. The Kier molecular flexibility index (Phi) is 6.35. The number of hydrogen-bond donors (Lipinski definition) is 4. The number of hydrogen-bond acceptors (Lipinski definition) is 6. The van der Waals surface area contributed by atoms with Crippen molar-refractivity contribution in [2.45, 2.75) is 39.9 Å². The van der Waals surface area contributed by atoms with Crippen LogP contribution in [-0.2, 0) is 0 Å². The van der Waals surface area contributed by atoms with Crippen molar-refractivity contribution >= 4 is 23.3 Å². The van der Waals surface area contributed by atoms with Gasteiger partial charge in [0.05, 0.1) is 34.7 Å². The molecule has 0 saturated carbocycles. The van der Waals surface area contributed by atoms with Gasteiger partial charge in [-0.05, 0) is 58.0 Å². The van der Waals surface area contributed by atoms with Gasteiger partial charge in [0.1, 0.15) is 5.75 Å². The molecule has 2 aromatic carbocycles. The number of aromatic hydroxyl groups is 1. The van der Waals surface area contributed by atoms with E-state index >= 15 is 0 Å². The van der Waals surface area contributed by atoms with Gasteiger partial charge in [0.15, 0.2) is 11.5 Å². The second-order valence-corrected chi connectivity index (χ2v) is 6.68. The van der Waals surface area contributed by atoms with Crippen LogP contribution in [0.5, 0.6) is 17.2 Å². The van der Waals surface area contributed by atoms with E-state index in [0.29, 0.717) is 0 Å². The summed E-state index contributed by atoms with van der Waals surface area (Å²) in [5.74, 6) is -1.88. The van der Waals surface area contributed by atoms with Crippen LogP contribution in [-0.4, -0.2) is 34.3 Å². The summed E-state index contributed by atoms with van der Waals surface area (Å²) in [6, 6.07) is 6.95. The molecule has 1 amide bonds. The molecule has 0 unspecified atom stereocenters. The Morgan fingerprint density at radius 2 is 1.68 bits per heavy atom. The fourth-order valence-corrected chi connectivity index (χ4v) is 2.43. The van der Waals surface area contributed by atoms with E-state index in [9.17, 15) is 14.7 Å². The van der Waals surface area contributed by atoms with E-state index in [1.807, 2.05) is 0 Å². The van der Waals surface area contributed by atoms with Crippen LogP contribution in [0.25, 0.3) is 0 Å². The molecule has 5 N–H and O–H groups in total. The van der Waals surface area contributed by atoms with E-state index in [-0.39, 0.29) is 52.0 Å². The number of nitrogens with two attached hydrogens (primary N) is 1. The monoisotopic (exact) mass is 388 g/mol. The number of carbonyl (C=O) groups excluding carboxylic acids is 1. The molecule has 0 spiro atoms. The molecule has 0 heterocycles. The largest absolute Gasteiger partial charge is 0.504 e. The summed E-state index contributed by atoms with van der Waals surface area (Å²) < 4.78 is 11.1. The molecular formula is C20H24N2O6. The van der Waals surface area contributed by atoms with Crippen LogP contribution in [0.1, 0.15) is 48.4 Å².